The Kier molecular flexibility index (Phi) is 4.07. The molecular weight excluding hydrogens is 398 g/mol. The number of hydrogen-bond acceptors (Lipinski definition) is 4. The fourth-order valence-corrected chi connectivity index (χ4v) is 6.40. The number of aliphatic hydroxyl groups is 1. The second kappa shape index (κ2) is 6.29. The van der Waals surface area contributed by atoms with E-state index in [0.717, 1.165) is 22.0 Å². The standard InChI is InChI=1S/C20H20ClN3O3S/c21-13-6-17(16-10-22-23-18(16)7-13)20(25)8-14-15(9-20)19(14)24-28(26,27)11-12-4-2-1-3-5-12/h1-7,10,14-15,19,24-25H,8-9,11H2,(H,22,23)/t14-,15+,19+,20-. The van der Waals surface area contributed by atoms with Gasteiger partial charge in [-0.3, -0.25) is 5.10 Å². The average Bonchev–Trinajstić information content (AvgIpc) is 3.03. The summed E-state index contributed by atoms with van der Waals surface area (Å²) in [6.07, 6.45) is 2.72. The summed E-state index contributed by atoms with van der Waals surface area (Å²) in [7, 11) is -3.42. The number of sulfonamides is 1. The number of H-pyrrole nitrogens is 1. The Labute approximate surface area is 168 Å². The van der Waals surface area contributed by atoms with Gasteiger partial charge < -0.3 is 5.11 Å². The maximum atomic E-state index is 12.5. The van der Waals surface area contributed by atoms with Crippen molar-refractivity contribution < 1.29 is 13.5 Å². The van der Waals surface area contributed by atoms with Crippen LogP contribution < -0.4 is 4.72 Å². The highest BCUT2D eigenvalue weighted by Crippen LogP contribution is 2.60. The fraction of sp³-hybridized carbons (Fsp3) is 0.350. The number of halogens is 1. The molecule has 0 radical (unpaired) electrons. The molecule has 1 heterocycles. The van der Waals surface area contributed by atoms with E-state index in [1.807, 2.05) is 18.2 Å². The Bertz CT molecular complexity index is 1130. The van der Waals surface area contributed by atoms with Crippen LogP contribution in [0.4, 0.5) is 0 Å². The molecule has 0 spiro atoms. The van der Waals surface area contributed by atoms with Crippen LogP contribution in [-0.2, 0) is 21.4 Å². The predicted octanol–water partition coefficient (Wildman–Crippen LogP) is 2.93. The Balaban J connectivity index is 1.31. The Morgan fingerprint density at radius 3 is 2.64 bits per heavy atom. The minimum Gasteiger partial charge on any atom is -0.385 e. The first-order valence-corrected chi connectivity index (χ1v) is 11.3. The number of benzene rings is 2. The molecule has 3 N–H and O–H groups in total. The summed E-state index contributed by atoms with van der Waals surface area (Å²) in [6.45, 7) is 0. The molecule has 0 unspecified atom stereocenters. The third-order valence-electron chi connectivity index (χ3n) is 6.02. The van der Waals surface area contributed by atoms with Gasteiger partial charge in [-0.15, -0.1) is 0 Å². The lowest BCUT2D eigenvalue weighted by Crippen LogP contribution is -2.34. The highest BCUT2D eigenvalue weighted by molar-refractivity contribution is 7.88. The van der Waals surface area contributed by atoms with E-state index < -0.39 is 15.6 Å². The Hall–Kier alpha value is -1.93. The van der Waals surface area contributed by atoms with Gasteiger partial charge in [-0.2, -0.15) is 5.10 Å². The van der Waals surface area contributed by atoms with Crippen LogP contribution in [-0.4, -0.2) is 29.8 Å². The maximum absolute atomic E-state index is 12.5. The zero-order valence-corrected chi connectivity index (χ0v) is 16.5. The van der Waals surface area contributed by atoms with Gasteiger partial charge in [-0.25, -0.2) is 13.1 Å². The average molecular weight is 418 g/mol. The van der Waals surface area contributed by atoms with Gasteiger partial charge in [0, 0.05) is 16.5 Å². The smallest absolute Gasteiger partial charge is 0.216 e. The Morgan fingerprint density at radius 2 is 1.93 bits per heavy atom. The van der Waals surface area contributed by atoms with Crippen molar-refractivity contribution in [3.05, 3.63) is 64.8 Å². The number of hydrogen-bond donors (Lipinski definition) is 3. The lowest BCUT2D eigenvalue weighted by molar-refractivity contribution is 0.0303. The Morgan fingerprint density at radius 1 is 1.21 bits per heavy atom. The minimum atomic E-state index is -3.42. The van der Waals surface area contributed by atoms with Crippen LogP contribution in [0.15, 0.2) is 48.7 Å². The molecule has 2 aliphatic carbocycles. The molecule has 1 aromatic heterocycles. The molecule has 0 bridgehead atoms. The SMILES string of the molecule is O=S(=O)(Cc1ccccc1)N[C@H]1[C@@H]2C[C@](O)(c3cc(Cl)cc4[nH]ncc34)C[C@@H]21. The first-order valence-electron chi connectivity index (χ1n) is 9.24. The van der Waals surface area contributed by atoms with Gasteiger partial charge in [0.25, 0.3) is 0 Å². The lowest BCUT2D eigenvalue weighted by Gasteiger charge is -2.27. The van der Waals surface area contributed by atoms with Crippen LogP contribution in [0.5, 0.6) is 0 Å². The van der Waals surface area contributed by atoms with E-state index in [-0.39, 0.29) is 23.6 Å². The summed E-state index contributed by atoms with van der Waals surface area (Å²) in [5.74, 6) is 0.241. The van der Waals surface area contributed by atoms with Crippen LogP contribution in [0, 0.1) is 11.8 Å². The highest BCUT2D eigenvalue weighted by Gasteiger charge is 2.62. The summed E-state index contributed by atoms with van der Waals surface area (Å²) in [4.78, 5) is 0. The van der Waals surface area contributed by atoms with Gasteiger partial charge in [0.05, 0.1) is 23.1 Å². The third-order valence-corrected chi connectivity index (χ3v) is 7.58. The summed E-state index contributed by atoms with van der Waals surface area (Å²) in [5.41, 5.74) is 1.31. The van der Waals surface area contributed by atoms with E-state index >= 15 is 0 Å². The van der Waals surface area contributed by atoms with Gasteiger partial charge in [0.2, 0.25) is 10.0 Å². The zero-order valence-electron chi connectivity index (χ0n) is 15.0. The summed E-state index contributed by atoms with van der Waals surface area (Å²) < 4.78 is 27.8. The van der Waals surface area contributed by atoms with E-state index in [4.69, 9.17) is 11.6 Å². The number of nitrogens with zero attached hydrogens (tertiary/aromatic N) is 1. The number of rotatable bonds is 5. The predicted molar refractivity (Wildman–Crippen MR) is 107 cm³/mol. The van der Waals surface area contributed by atoms with Crippen molar-refractivity contribution in [1.82, 2.24) is 14.9 Å². The maximum Gasteiger partial charge on any atom is 0.216 e. The summed E-state index contributed by atoms with van der Waals surface area (Å²) >= 11 is 6.21. The quantitative estimate of drug-likeness (QED) is 0.594. The van der Waals surface area contributed by atoms with Crippen LogP contribution in [0.25, 0.3) is 10.9 Å². The molecule has 2 fully saturated rings. The fourth-order valence-electron chi connectivity index (χ4n) is 4.70. The highest BCUT2D eigenvalue weighted by atomic mass is 35.5. The van der Waals surface area contributed by atoms with Crippen LogP contribution in [0.1, 0.15) is 24.0 Å². The molecule has 0 saturated heterocycles. The van der Waals surface area contributed by atoms with Crippen molar-refractivity contribution in [2.24, 2.45) is 11.8 Å². The van der Waals surface area contributed by atoms with Gasteiger partial charge in [0.1, 0.15) is 0 Å². The van der Waals surface area contributed by atoms with Crippen molar-refractivity contribution in [1.29, 1.82) is 0 Å². The number of fused-ring (bicyclic) bond motifs is 2. The molecule has 28 heavy (non-hydrogen) atoms. The lowest BCUT2D eigenvalue weighted by atomic mass is 9.86. The molecule has 2 aliphatic rings. The van der Waals surface area contributed by atoms with E-state index in [2.05, 4.69) is 14.9 Å². The van der Waals surface area contributed by atoms with Gasteiger partial charge in [-0.05, 0) is 47.9 Å². The third kappa shape index (κ3) is 3.12. The first kappa shape index (κ1) is 18.1. The molecule has 2 saturated carbocycles. The monoisotopic (exact) mass is 417 g/mol. The van der Waals surface area contributed by atoms with Gasteiger partial charge in [0.15, 0.2) is 0 Å². The molecular formula is C20H20ClN3O3S. The molecule has 5 rings (SSSR count). The normalized spacial score (nSPS) is 29.1. The summed E-state index contributed by atoms with van der Waals surface area (Å²) in [6, 6.07) is 12.6. The number of aromatic nitrogens is 2. The zero-order chi connectivity index (χ0) is 19.5. The second-order valence-corrected chi connectivity index (χ2v) is 10.1. The van der Waals surface area contributed by atoms with E-state index in [0.29, 0.717) is 17.9 Å². The van der Waals surface area contributed by atoms with E-state index in [9.17, 15) is 13.5 Å². The largest absolute Gasteiger partial charge is 0.385 e. The van der Waals surface area contributed by atoms with Crippen LogP contribution in [0.2, 0.25) is 5.02 Å². The van der Waals surface area contributed by atoms with Crippen molar-refractivity contribution in [2.45, 2.75) is 30.2 Å². The van der Waals surface area contributed by atoms with Gasteiger partial charge >= 0.3 is 0 Å². The van der Waals surface area contributed by atoms with Crippen molar-refractivity contribution in [3.8, 4) is 0 Å². The molecule has 0 amide bonds. The van der Waals surface area contributed by atoms with Crippen LogP contribution >= 0.6 is 11.6 Å². The molecule has 6 nitrogen and oxygen atoms in total. The van der Waals surface area contributed by atoms with Gasteiger partial charge in [-0.1, -0.05) is 41.9 Å². The van der Waals surface area contributed by atoms with Crippen molar-refractivity contribution in [3.63, 3.8) is 0 Å². The topological polar surface area (TPSA) is 95.1 Å². The number of nitrogens with one attached hydrogen (secondary N) is 2. The van der Waals surface area contributed by atoms with Crippen molar-refractivity contribution in [2.75, 3.05) is 0 Å². The molecule has 3 aromatic rings. The van der Waals surface area contributed by atoms with E-state index in [1.165, 1.54) is 0 Å². The number of aromatic amines is 1. The van der Waals surface area contributed by atoms with E-state index in [1.54, 1.807) is 30.5 Å². The van der Waals surface area contributed by atoms with Crippen molar-refractivity contribution >= 4 is 32.5 Å². The first-order chi connectivity index (χ1) is 13.3. The molecule has 8 heteroatoms. The second-order valence-electron chi connectivity index (χ2n) is 7.94. The minimum absolute atomic E-state index is 0.0298. The molecule has 0 aliphatic heterocycles. The molecule has 2 aromatic carbocycles. The van der Waals surface area contributed by atoms with Crippen LogP contribution in [0.3, 0.4) is 0 Å². The molecule has 146 valence electrons. The molecule has 4 atom stereocenters. The summed E-state index contributed by atoms with van der Waals surface area (Å²) in [5, 5.41) is 19.6.